The van der Waals surface area contributed by atoms with E-state index in [0.29, 0.717) is 11.0 Å². The first-order valence-electron chi connectivity index (χ1n) is 5.98. The van der Waals surface area contributed by atoms with E-state index in [1.54, 1.807) is 0 Å². The molecule has 1 N–H and O–H groups in total. The fourth-order valence-corrected chi connectivity index (χ4v) is 2.49. The van der Waals surface area contributed by atoms with Gasteiger partial charge in [0, 0.05) is 6.07 Å². The molecule has 0 bridgehead atoms. The predicted octanol–water partition coefficient (Wildman–Crippen LogP) is 2.37. The van der Waals surface area contributed by atoms with Crippen molar-refractivity contribution in [1.82, 2.24) is 0 Å². The molecule has 0 saturated heterocycles. The largest absolute Gasteiger partial charge is 0.475 e. The van der Waals surface area contributed by atoms with Crippen LogP contribution in [0.4, 0.5) is 0 Å². The van der Waals surface area contributed by atoms with Crippen molar-refractivity contribution < 1.29 is 14.3 Å². The lowest BCUT2D eigenvalue weighted by atomic mass is 9.90. The molecule has 1 aromatic carbocycles. The van der Waals surface area contributed by atoms with Crippen LogP contribution in [0.15, 0.2) is 27.4 Å². The van der Waals surface area contributed by atoms with E-state index in [1.807, 2.05) is 12.1 Å². The van der Waals surface area contributed by atoms with Crippen molar-refractivity contribution in [2.75, 3.05) is 0 Å². The average Bonchev–Trinajstić information content (AvgIpc) is 2.36. The number of aryl methyl sites for hydroxylation is 2. The molecule has 1 aromatic heterocycles. The Morgan fingerprint density at radius 3 is 2.44 bits per heavy atom. The van der Waals surface area contributed by atoms with Gasteiger partial charge in [0.05, 0.1) is 5.39 Å². The van der Waals surface area contributed by atoms with Crippen LogP contribution in [-0.2, 0) is 12.8 Å². The zero-order valence-corrected chi connectivity index (χ0v) is 9.73. The molecule has 1 aliphatic carbocycles. The maximum Gasteiger partial charge on any atom is 0.371 e. The smallest absolute Gasteiger partial charge is 0.371 e. The molecule has 4 nitrogen and oxygen atoms in total. The number of hydrogen-bond acceptors (Lipinski definition) is 3. The predicted molar refractivity (Wildman–Crippen MR) is 66.1 cm³/mol. The van der Waals surface area contributed by atoms with E-state index in [0.717, 1.165) is 31.7 Å². The van der Waals surface area contributed by atoms with Gasteiger partial charge in [-0.15, -0.1) is 0 Å². The Morgan fingerprint density at radius 1 is 1.11 bits per heavy atom. The highest BCUT2D eigenvalue weighted by atomic mass is 16.4. The third-order valence-corrected chi connectivity index (χ3v) is 3.40. The fourth-order valence-electron chi connectivity index (χ4n) is 2.49. The Bertz CT molecular complexity index is 697. The normalized spacial score (nSPS) is 14.4. The summed E-state index contributed by atoms with van der Waals surface area (Å²) in [5.41, 5.74) is 2.44. The summed E-state index contributed by atoms with van der Waals surface area (Å²) in [6, 6.07) is 4.71. The van der Waals surface area contributed by atoms with Crippen molar-refractivity contribution in [3.63, 3.8) is 0 Å². The van der Waals surface area contributed by atoms with Gasteiger partial charge in [0.25, 0.3) is 0 Å². The summed E-state index contributed by atoms with van der Waals surface area (Å²) in [5.74, 6) is -1.52. The van der Waals surface area contributed by atoms with Crippen LogP contribution >= 0.6 is 0 Å². The first-order valence-corrected chi connectivity index (χ1v) is 5.98. The molecular weight excluding hydrogens is 232 g/mol. The zero-order valence-electron chi connectivity index (χ0n) is 9.73. The van der Waals surface area contributed by atoms with Crippen molar-refractivity contribution in [2.45, 2.75) is 25.7 Å². The average molecular weight is 244 g/mol. The van der Waals surface area contributed by atoms with E-state index in [9.17, 15) is 9.59 Å². The van der Waals surface area contributed by atoms with Crippen LogP contribution in [0.1, 0.15) is 34.5 Å². The van der Waals surface area contributed by atoms with Crippen LogP contribution in [0.25, 0.3) is 11.0 Å². The highest BCUT2D eigenvalue weighted by molar-refractivity contribution is 5.87. The Hall–Kier alpha value is -2.10. The lowest BCUT2D eigenvalue weighted by molar-refractivity contribution is 0.0663. The maximum absolute atomic E-state index is 11.9. The van der Waals surface area contributed by atoms with Crippen LogP contribution in [0.3, 0.4) is 0 Å². The Balaban J connectivity index is 2.30. The number of carbonyl (C=O) groups is 1. The summed E-state index contributed by atoms with van der Waals surface area (Å²) in [5, 5.41) is 9.35. The molecule has 0 amide bonds. The van der Waals surface area contributed by atoms with Crippen LogP contribution < -0.4 is 5.43 Å². The number of carboxylic acid groups (broad SMARTS) is 1. The second kappa shape index (κ2) is 3.98. The Kier molecular flexibility index (Phi) is 2.44. The maximum atomic E-state index is 11.9. The molecule has 1 aliphatic rings. The van der Waals surface area contributed by atoms with E-state index in [1.165, 1.54) is 11.1 Å². The summed E-state index contributed by atoms with van der Waals surface area (Å²) in [7, 11) is 0. The quantitative estimate of drug-likeness (QED) is 0.836. The summed E-state index contributed by atoms with van der Waals surface area (Å²) in [6.07, 6.45) is 4.20. The number of benzene rings is 1. The molecular formula is C14H12O4. The molecule has 18 heavy (non-hydrogen) atoms. The molecule has 0 radical (unpaired) electrons. The van der Waals surface area contributed by atoms with Gasteiger partial charge in [-0.3, -0.25) is 4.79 Å². The molecule has 0 atom stereocenters. The lowest BCUT2D eigenvalue weighted by Gasteiger charge is -2.15. The van der Waals surface area contributed by atoms with E-state index in [-0.39, 0.29) is 11.2 Å². The third kappa shape index (κ3) is 1.70. The summed E-state index contributed by atoms with van der Waals surface area (Å²) < 4.78 is 5.27. The molecule has 0 aliphatic heterocycles. The third-order valence-electron chi connectivity index (χ3n) is 3.40. The number of aromatic carboxylic acids is 1. The second-order valence-corrected chi connectivity index (χ2v) is 4.60. The molecule has 92 valence electrons. The SMILES string of the molecule is O=C(O)c1cc(=O)c2cc3c(cc2o1)CCCC3. The van der Waals surface area contributed by atoms with Crippen LogP contribution in [0.5, 0.6) is 0 Å². The molecule has 0 saturated carbocycles. The number of hydrogen-bond donors (Lipinski definition) is 1. The van der Waals surface area contributed by atoms with E-state index >= 15 is 0 Å². The topological polar surface area (TPSA) is 67.5 Å². The number of carboxylic acids is 1. The highest BCUT2D eigenvalue weighted by Crippen LogP contribution is 2.25. The molecule has 1 heterocycles. The van der Waals surface area contributed by atoms with Crippen LogP contribution in [0.2, 0.25) is 0 Å². The minimum atomic E-state index is -1.22. The van der Waals surface area contributed by atoms with Crippen molar-refractivity contribution in [1.29, 1.82) is 0 Å². The number of fused-ring (bicyclic) bond motifs is 2. The van der Waals surface area contributed by atoms with E-state index in [4.69, 9.17) is 9.52 Å². The van der Waals surface area contributed by atoms with Gasteiger partial charge in [-0.05, 0) is 48.9 Å². The summed E-state index contributed by atoms with van der Waals surface area (Å²) in [6.45, 7) is 0. The zero-order chi connectivity index (χ0) is 12.7. The first kappa shape index (κ1) is 11.0. The molecule has 0 spiro atoms. The van der Waals surface area contributed by atoms with Gasteiger partial charge < -0.3 is 9.52 Å². The lowest BCUT2D eigenvalue weighted by Crippen LogP contribution is -2.09. The monoisotopic (exact) mass is 244 g/mol. The molecule has 2 aromatic rings. The van der Waals surface area contributed by atoms with Gasteiger partial charge in [-0.1, -0.05) is 0 Å². The Labute approximate surface area is 103 Å². The number of rotatable bonds is 1. The highest BCUT2D eigenvalue weighted by Gasteiger charge is 2.15. The molecule has 4 heteroatoms. The van der Waals surface area contributed by atoms with E-state index < -0.39 is 5.97 Å². The minimum Gasteiger partial charge on any atom is -0.475 e. The molecule has 0 fully saturated rings. The van der Waals surface area contributed by atoms with Gasteiger partial charge in [-0.25, -0.2) is 4.79 Å². The minimum absolute atomic E-state index is 0.290. The van der Waals surface area contributed by atoms with Crippen molar-refractivity contribution in [3.05, 3.63) is 45.3 Å². The summed E-state index contributed by atoms with van der Waals surface area (Å²) >= 11 is 0. The second-order valence-electron chi connectivity index (χ2n) is 4.60. The van der Waals surface area contributed by atoms with Gasteiger partial charge in [0.2, 0.25) is 5.76 Å². The van der Waals surface area contributed by atoms with Crippen LogP contribution in [-0.4, -0.2) is 11.1 Å². The Morgan fingerprint density at radius 2 is 1.78 bits per heavy atom. The van der Waals surface area contributed by atoms with Gasteiger partial charge in [0.1, 0.15) is 5.58 Å². The van der Waals surface area contributed by atoms with E-state index in [2.05, 4.69) is 0 Å². The van der Waals surface area contributed by atoms with Crippen molar-refractivity contribution in [2.24, 2.45) is 0 Å². The van der Waals surface area contributed by atoms with Crippen molar-refractivity contribution >= 4 is 16.9 Å². The summed E-state index contributed by atoms with van der Waals surface area (Å²) in [4.78, 5) is 22.7. The van der Waals surface area contributed by atoms with Gasteiger partial charge in [0.15, 0.2) is 5.43 Å². The van der Waals surface area contributed by atoms with Gasteiger partial charge >= 0.3 is 5.97 Å². The molecule has 3 rings (SSSR count). The van der Waals surface area contributed by atoms with Crippen molar-refractivity contribution in [3.8, 4) is 0 Å². The molecule has 0 unspecified atom stereocenters. The fraction of sp³-hybridized carbons (Fsp3) is 0.286. The van der Waals surface area contributed by atoms with Crippen LogP contribution in [0, 0.1) is 0 Å². The standard InChI is InChI=1S/C14H12O4/c15-11-7-13(14(16)17)18-12-6-9-4-2-1-3-8(9)5-10(11)12/h5-7H,1-4H2,(H,16,17). The van der Waals surface area contributed by atoms with Gasteiger partial charge in [-0.2, -0.15) is 0 Å². The first-order chi connectivity index (χ1) is 8.65.